The lowest BCUT2D eigenvalue weighted by atomic mass is 9.59. The Morgan fingerprint density at radius 1 is 0.932 bits per heavy atom. The van der Waals surface area contributed by atoms with E-state index in [0.717, 1.165) is 38.0 Å². The molecule has 5 aliphatic rings. The predicted octanol–water partition coefficient (Wildman–Crippen LogP) is 4.49. The minimum absolute atomic E-state index is 0.0966. The van der Waals surface area contributed by atoms with Gasteiger partial charge in [-0.2, -0.15) is 0 Å². The van der Waals surface area contributed by atoms with Crippen LogP contribution in [0.4, 0.5) is 0 Å². The molecule has 8 nitrogen and oxygen atoms in total. The second-order valence-electron chi connectivity index (χ2n) is 12.7. The summed E-state index contributed by atoms with van der Waals surface area (Å²) in [4.78, 5) is 59.1. The molecule has 0 radical (unpaired) electrons. The smallest absolute Gasteiger partial charge is 0.233 e. The Labute approximate surface area is 256 Å². The van der Waals surface area contributed by atoms with E-state index in [2.05, 4.69) is 17.0 Å². The molecule has 0 bridgehead atoms. The third-order valence-corrected chi connectivity index (χ3v) is 10.3. The molecule has 2 aromatic carbocycles. The number of allylic oxidation sites excluding steroid dienone is 6. The van der Waals surface area contributed by atoms with E-state index in [9.17, 15) is 24.3 Å². The lowest BCUT2D eigenvalue weighted by molar-refractivity contribution is -0.144. The van der Waals surface area contributed by atoms with Crippen molar-refractivity contribution in [3.05, 3.63) is 94.1 Å². The molecule has 226 valence electrons. The number of carbonyl (C=O) groups is 4. The van der Waals surface area contributed by atoms with Crippen molar-refractivity contribution in [1.29, 1.82) is 0 Å². The third kappa shape index (κ3) is 4.46. The van der Waals surface area contributed by atoms with Gasteiger partial charge in [-0.1, -0.05) is 54.1 Å². The zero-order valence-electron chi connectivity index (χ0n) is 25.0. The number of likely N-dealkylation sites (tertiary alicyclic amines) is 2. The van der Waals surface area contributed by atoms with Gasteiger partial charge in [0, 0.05) is 53.9 Å². The minimum atomic E-state index is -0.710. The summed E-state index contributed by atoms with van der Waals surface area (Å²) in [7, 11) is 1.46. The fourth-order valence-corrected chi connectivity index (χ4v) is 8.22. The van der Waals surface area contributed by atoms with Crippen LogP contribution >= 0.6 is 0 Å². The van der Waals surface area contributed by atoms with Crippen molar-refractivity contribution in [3.8, 4) is 11.5 Å². The van der Waals surface area contributed by atoms with Crippen molar-refractivity contribution in [2.75, 3.05) is 20.2 Å². The molecule has 2 saturated heterocycles. The zero-order valence-corrected chi connectivity index (χ0v) is 25.0. The van der Waals surface area contributed by atoms with Crippen molar-refractivity contribution in [1.82, 2.24) is 9.80 Å². The van der Waals surface area contributed by atoms with Gasteiger partial charge in [-0.25, -0.2) is 0 Å². The molecular weight excluding hydrogens is 556 g/mol. The van der Waals surface area contributed by atoms with E-state index in [4.69, 9.17) is 4.74 Å². The summed E-state index contributed by atoms with van der Waals surface area (Å²) in [6.45, 7) is 4.07. The number of para-hydroxylation sites is 1. The third-order valence-electron chi connectivity index (χ3n) is 10.3. The molecule has 2 amide bonds. The van der Waals surface area contributed by atoms with Crippen LogP contribution in [0.3, 0.4) is 0 Å². The van der Waals surface area contributed by atoms with Gasteiger partial charge in [-0.15, -0.1) is 0 Å². The van der Waals surface area contributed by atoms with E-state index < -0.39 is 23.7 Å². The number of carbonyl (C=O) groups excluding carboxylic acids is 4. The van der Waals surface area contributed by atoms with Gasteiger partial charge in [0.25, 0.3) is 0 Å². The maximum atomic E-state index is 14.3. The van der Waals surface area contributed by atoms with Crippen LogP contribution in [-0.4, -0.2) is 64.5 Å². The number of piperidine rings is 1. The summed E-state index contributed by atoms with van der Waals surface area (Å²) in [5, 5.41) is 11.2. The number of imide groups is 1. The number of fused-ring (bicyclic) bond motifs is 3. The number of ether oxygens (including phenoxy) is 1. The van der Waals surface area contributed by atoms with Crippen LogP contribution < -0.4 is 4.74 Å². The Bertz CT molecular complexity index is 1660. The van der Waals surface area contributed by atoms with E-state index in [-0.39, 0.29) is 47.3 Å². The number of phenolic OH excluding ortho intramolecular Hbond substituents is 1. The van der Waals surface area contributed by atoms with Crippen LogP contribution in [0.2, 0.25) is 0 Å². The van der Waals surface area contributed by atoms with E-state index in [1.54, 1.807) is 25.1 Å². The van der Waals surface area contributed by atoms with Crippen molar-refractivity contribution in [2.45, 2.75) is 51.1 Å². The number of amides is 2. The Morgan fingerprint density at radius 2 is 1.68 bits per heavy atom. The molecule has 2 fully saturated rings. The molecule has 8 heteroatoms. The summed E-state index contributed by atoms with van der Waals surface area (Å²) in [5.41, 5.74) is 3.62. The number of Topliss-reactive ketones (excluding diaryl/α,β-unsaturated/α-hetero) is 1. The van der Waals surface area contributed by atoms with Crippen molar-refractivity contribution in [2.24, 2.45) is 17.8 Å². The highest BCUT2D eigenvalue weighted by molar-refractivity contribution is 6.24. The first-order valence-electron chi connectivity index (χ1n) is 15.5. The first kappa shape index (κ1) is 28.5. The largest absolute Gasteiger partial charge is 0.504 e. The van der Waals surface area contributed by atoms with Crippen molar-refractivity contribution < 1.29 is 29.0 Å². The molecular formula is C36H36N2O6. The second kappa shape index (κ2) is 11.0. The molecule has 0 unspecified atom stereocenters. The van der Waals surface area contributed by atoms with Crippen LogP contribution in [0.1, 0.15) is 49.7 Å². The Kier molecular flexibility index (Phi) is 7.12. The normalized spacial score (nSPS) is 27.5. The molecule has 2 aromatic rings. The highest BCUT2D eigenvalue weighted by atomic mass is 16.5. The first-order valence-corrected chi connectivity index (χ1v) is 15.5. The second-order valence-corrected chi connectivity index (χ2v) is 12.7. The van der Waals surface area contributed by atoms with E-state index >= 15 is 0 Å². The van der Waals surface area contributed by atoms with Crippen LogP contribution in [0.5, 0.6) is 11.5 Å². The zero-order chi connectivity index (χ0) is 30.7. The Morgan fingerprint density at radius 3 is 2.41 bits per heavy atom. The van der Waals surface area contributed by atoms with Crippen LogP contribution in [0.25, 0.3) is 0 Å². The lowest BCUT2D eigenvalue weighted by Gasteiger charge is -2.42. The number of ketones is 2. The molecule has 7 rings (SSSR count). The molecule has 0 saturated carbocycles. The average molecular weight is 593 g/mol. The molecule has 2 aliphatic heterocycles. The van der Waals surface area contributed by atoms with Gasteiger partial charge < -0.3 is 9.84 Å². The number of aromatic hydroxyl groups is 1. The number of phenols is 1. The summed E-state index contributed by atoms with van der Waals surface area (Å²) in [5.74, 6) is -2.84. The molecule has 1 N–H and O–H groups in total. The van der Waals surface area contributed by atoms with Crippen LogP contribution in [0.15, 0.2) is 83.0 Å². The van der Waals surface area contributed by atoms with E-state index in [1.807, 2.05) is 24.3 Å². The Hall–Kier alpha value is -4.30. The standard InChI is InChI=1S/C36H36N2O6/c1-20-17-28(39)27-18-26-23(30(32(27)33(20)40)24-9-6-10-29(44-2)34(24)41)11-12-25-31(26)36(43)38(35(25)42)22-13-15-37(16-14-22)19-21-7-4-3-5-8-21/h3-11,17,22,25-26,30-31,41H,12-16,18-19H2,1-2H3/t25-,26+,30+,31-/m0/s1. The predicted molar refractivity (Wildman–Crippen MR) is 163 cm³/mol. The monoisotopic (exact) mass is 592 g/mol. The maximum absolute atomic E-state index is 14.3. The maximum Gasteiger partial charge on any atom is 0.233 e. The first-order chi connectivity index (χ1) is 21.3. The summed E-state index contributed by atoms with van der Waals surface area (Å²) in [6.07, 6.45) is 5.41. The molecule has 2 heterocycles. The lowest BCUT2D eigenvalue weighted by Crippen LogP contribution is -2.47. The molecule has 0 spiro atoms. The van der Waals surface area contributed by atoms with E-state index in [1.165, 1.54) is 23.6 Å². The number of hydrogen-bond donors (Lipinski definition) is 1. The average Bonchev–Trinajstić information content (AvgIpc) is 3.29. The Balaban J connectivity index is 1.20. The number of hydrogen-bond acceptors (Lipinski definition) is 7. The summed E-state index contributed by atoms with van der Waals surface area (Å²) < 4.78 is 5.38. The van der Waals surface area contributed by atoms with Gasteiger partial charge in [0.15, 0.2) is 23.1 Å². The van der Waals surface area contributed by atoms with Gasteiger partial charge in [-0.3, -0.25) is 29.0 Å². The van der Waals surface area contributed by atoms with Crippen LogP contribution in [0, 0.1) is 17.8 Å². The SMILES string of the molecule is COc1cccc([C@H]2C3=CC[C@@H]4C(=O)N(C5CCN(Cc6ccccc6)CC5)C(=O)[C@@H]4[C@@H]3CC3=C2C(=O)C(C)=CC3=O)c1O. The highest BCUT2D eigenvalue weighted by Gasteiger charge is 2.57. The number of nitrogens with zero attached hydrogens (tertiary/aromatic N) is 2. The van der Waals surface area contributed by atoms with Gasteiger partial charge in [0.05, 0.1) is 18.9 Å². The fraction of sp³-hybridized carbons (Fsp3) is 0.389. The molecule has 3 aliphatic carbocycles. The number of rotatable bonds is 5. The summed E-state index contributed by atoms with van der Waals surface area (Å²) >= 11 is 0. The van der Waals surface area contributed by atoms with Gasteiger partial charge >= 0.3 is 0 Å². The number of methoxy groups -OCH3 is 1. The van der Waals surface area contributed by atoms with Crippen molar-refractivity contribution >= 4 is 23.4 Å². The minimum Gasteiger partial charge on any atom is -0.504 e. The van der Waals surface area contributed by atoms with Gasteiger partial charge in [0.1, 0.15) is 0 Å². The fourth-order valence-electron chi connectivity index (χ4n) is 8.22. The van der Waals surface area contributed by atoms with Crippen LogP contribution in [-0.2, 0) is 25.7 Å². The summed E-state index contributed by atoms with van der Waals surface area (Å²) in [6, 6.07) is 15.3. The van der Waals surface area contributed by atoms with Crippen molar-refractivity contribution in [3.63, 3.8) is 0 Å². The molecule has 44 heavy (non-hydrogen) atoms. The molecule has 4 atom stereocenters. The van der Waals surface area contributed by atoms with E-state index in [0.29, 0.717) is 28.7 Å². The highest BCUT2D eigenvalue weighted by Crippen LogP contribution is 2.57. The molecule has 0 aromatic heterocycles. The van der Waals surface area contributed by atoms with Gasteiger partial charge in [-0.05, 0) is 56.2 Å². The quantitative estimate of drug-likeness (QED) is 0.310. The van der Waals surface area contributed by atoms with Gasteiger partial charge in [0.2, 0.25) is 11.8 Å². The topological polar surface area (TPSA) is 104 Å². The number of benzene rings is 2.